The molecule has 0 bridgehead atoms. The molecule has 1 aliphatic rings. The molecule has 0 fully saturated rings. The minimum atomic E-state index is -0.181. The molecule has 0 saturated heterocycles. The van der Waals surface area contributed by atoms with Crippen molar-refractivity contribution in [2.45, 2.75) is 84.7 Å². The maximum Gasteiger partial charge on any atom is 0.306 e. The van der Waals surface area contributed by atoms with Gasteiger partial charge in [-0.3, -0.25) is 9.79 Å². The van der Waals surface area contributed by atoms with Crippen molar-refractivity contribution < 1.29 is 14.3 Å². The smallest absolute Gasteiger partial charge is 0.306 e. The third kappa shape index (κ3) is 9.02. The molecule has 1 atom stereocenters. The lowest BCUT2D eigenvalue weighted by molar-refractivity contribution is -0.148. The molecule has 5 nitrogen and oxygen atoms in total. The molecule has 0 N–H and O–H groups in total. The van der Waals surface area contributed by atoms with Gasteiger partial charge in [-0.2, -0.15) is 0 Å². The van der Waals surface area contributed by atoms with Crippen molar-refractivity contribution in [3.05, 3.63) is 36.2 Å². The maximum absolute atomic E-state index is 11.7. The summed E-state index contributed by atoms with van der Waals surface area (Å²) in [4.78, 5) is 18.3. The molecule has 0 saturated carbocycles. The van der Waals surface area contributed by atoms with Gasteiger partial charge in [-0.15, -0.1) is 0 Å². The first-order valence-electron chi connectivity index (χ1n) is 11.5. The molecule has 30 heavy (non-hydrogen) atoms. The molecule has 166 valence electrons. The second kappa shape index (κ2) is 13.8. The van der Waals surface area contributed by atoms with Crippen LogP contribution in [-0.4, -0.2) is 31.4 Å². The summed E-state index contributed by atoms with van der Waals surface area (Å²) in [6.45, 7) is 7.61. The van der Waals surface area contributed by atoms with Crippen LogP contribution in [-0.2, 0) is 9.53 Å². The second-order valence-corrected chi connectivity index (χ2v) is 7.95. The first-order chi connectivity index (χ1) is 14.6. The van der Waals surface area contributed by atoms with Crippen LogP contribution in [0.25, 0.3) is 0 Å². The quantitative estimate of drug-likeness (QED) is 0.265. The standard InChI is InChI=1S/C25H38N2O3/c1-4-6-7-8-9-10-17-29-24-14-11-13-23(19-24)27-16-15-26-22(20-27)18-21(3)30-25(28)12-5-2/h11,13-15,19-21H,4-10,12,16-18H2,1-3H3. The number of ether oxygens (including phenoxy) is 2. The number of carbonyl (C=O) groups excluding carboxylic acids is 1. The van der Waals surface area contributed by atoms with Gasteiger partial charge in [0, 0.05) is 37.0 Å². The number of carbonyl (C=O) groups is 1. The summed E-state index contributed by atoms with van der Waals surface area (Å²) in [6.07, 6.45) is 13.2. The summed E-state index contributed by atoms with van der Waals surface area (Å²) in [7, 11) is 0. The van der Waals surface area contributed by atoms with Gasteiger partial charge in [0.05, 0.1) is 18.8 Å². The minimum absolute atomic E-state index is 0.141. The van der Waals surface area contributed by atoms with Crippen molar-refractivity contribution in [1.29, 1.82) is 0 Å². The van der Waals surface area contributed by atoms with E-state index in [2.05, 4.69) is 28.9 Å². The van der Waals surface area contributed by atoms with E-state index in [1.807, 2.05) is 38.4 Å². The molecule has 1 aromatic carbocycles. The number of hydrogen-bond donors (Lipinski definition) is 0. The Labute approximate surface area is 182 Å². The van der Waals surface area contributed by atoms with Crippen LogP contribution < -0.4 is 9.64 Å². The van der Waals surface area contributed by atoms with Crippen molar-refractivity contribution >= 4 is 17.9 Å². The summed E-state index contributed by atoms with van der Waals surface area (Å²) in [6, 6.07) is 8.20. The number of unbranched alkanes of at least 4 members (excludes halogenated alkanes) is 5. The van der Waals surface area contributed by atoms with E-state index >= 15 is 0 Å². The molecule has 1 aliphatic heterocycles. The van der Waals surface area contributed by atoms with Crippen LogP contribution in [0.3, 0.4) is 0 Å². The number of hydrogen-bond acceptors (Lipinski definition) is 5. The molecule has 0 spiro atoms. The topological polar surface area (TPSA) is 51.1 Å². The Morgan fingerprint density at radius 3 is 2.73 bits per heavy atom. The van der Waals surface area contributed by atoms with Crippen molar-refractivity contribution in [1.82, 2.24) is 0 Å². The van der Waals surface area contributed by atoms with Crippen LogP contribution in [0, 0.1) is 0 Å². The Morgan fingerprint density at radius 2 is 1.93 bits per heavy atom. The van der Waals surface area contributed by atoms with Crippen LogP contribution in [0.2, 0.25) is 0 Å². The van der Waals surface area contributed by atoms with Crippen molar-refractivity contribution in [2.75, 3.05) is 18.1 Å². The zero-order chi connectivity index (χ0) is 21.6. The van der Waals surface area contributed by atoms with Crippen LogP contribution in [0.4, 0.5) is 5.69 Å². The highest BCUT2D eigenvalue weighted by molar-refractivity contribution is 5.71. The second-order valence-electron chi connectivity index (χ2n) is 7.95. The van der Waals surface area contributed by atoms with E-state index in [1.165, 1.54) is 32.1 Å². The lowest BCUT2D eigenvalue weighted by atomic mass is 10.1. The predicted molar refractivity (Wildman–Crippen MR) is 124 cm³/mol. The molecule has 1 unspecified atom stereocenters. The van der Waals surface area contributed by atoms with Gasteiger partial charge >= 0.3 is 5.97 Å². The van der Waals surface area contributed by atoms with Crippen molar-refractivity contribution in [3.8, 4) is 5.75 Å². The zero-order valence-corrected chi connectivity index (χ0v) is 18.9. The summed E-state index contributed by atoms with van der Waals surface area (Å²) in [5.41, 5.74) is 1.99. The third-order valence-electron chi connectivity index (χ3n) is 5.04. The van der Waals surface area contributed by atoms with Crippen LogP contribution >= 0.6 is 0 Å². The van der Waals surface area contributed by atoms with Gasteiger partial charge in [0.1, 0.15) is 11.9 Å². The Bertz CT molecular complexity index is 699. The fourth-order valence-electron chi connectivity index (χ4n) is 3.45. The highest BCUT2D eigenvalue weighted by Crippen LogP contribution is 2.24. The number of aliphatic imine (C=N–C) groups is 1. The van der Waals surface area contributed by atoms with E-state index in [0.29, 0.717) is 19.4 Å². The van der Waals surface area contributed by atoms with E-state index in [1.54, 1.807) is 0 Å². The molecule has 1 aromatic rings. The Balaban J connectivity index is 1.84. The number of nitrogens with zero attached hydrogens (tertiary/aromatic N) is 2. The largest absolute Gasteiger partial charge is 0.494 e. The Morgan fingerprint density at radius 1 is 1.13 bits per heavy atom. The lowest BCUT2D eigenvalue weighted by Gasteiger charge is -2.24. The van der Waals surface area contributed by atoms with Crippen molar-refractivity contribution in [2.24, 2.45) is 4.99 Å². The number of benzene rings is 1. The Hall–Kier alpha value is -2.30. The lowest BCUT2D eigenvalue weighted by Crippen LogP contribution is -2.23. The van der Waals surface area contributed by atoms with Gasteiger partial charge in [0.15, 0.2) is 0 Å². The highest BCUT2D eigenvalue weighted by atomic mass is 16.5. The number of rotatable bonds is 14. The van der Waals surface area contributed by atoms with Crippen LogP contribution in [0.1, 0.15) is 78.6 Å². The maximum atomic E-state index is 11.7. The molecule has 0 aromatic heterocycles. The Kier molecular flexibility index (Phi) is 11.1. The van der Waals surface area contributed by atoms with Gasteiger partial charge in [-0.1, -0.05) is 52.0 Å². The highest BCUT2D eigenvalue weighted by Gasteiger charge is 2.15. The molecular formula is C25H38N2O3. The number of esters is 1. The third-order valence-corrected chi connectivity index (χ3v) is 5.04. The molecule has 0 aliphatic carbocycles. The molecular weight excluding hydrogens is 376 g/mol. The van der Waals surface area contributed by atoms with Gasteiger partial charge in [-0.25, -0.2) is 0 Å². The number of anilines is 1. The molecule has 0 amide bonds. The zero-order valence-electron chi connectivity index (χ0n) is 18.9. The predicted octanol–water partition coefficient (Wildman–Crippen LogP) is 6.28. The summed E-state index contributed by atoms with van der Waals surface area (Å²) in [5.74, 6) is 0.762. The summed E-state index contributed by atoms with van der Waals surface area (Å²) < 4.78 is 11.4. The average Bonchev–Trinajstić information content (AvgIpc) is 2.73. The minimum Gasteiger partial charge on any atom is -0.494 e. The fraction of sp³-hybridized carbons (Fsp3) is 0.600. The molecule has 2 rings (SSSR count). The average molecular weight is 415 g/mol. The first kappa shape index (κ1) is 24.0. The first-order valence-corrected chi connectivity index (χ1v) is 11.5. The molecule has 0 radical (unpaired) electrons. The SMILES string of the molecule is CCCCCCCCOc1cccc(N2C=C(CC(C)OC(=O)CCC)N=CC2)c1. The van der Waals surface area contributed by atoms with Gasteiger partial charge in [-0.05, 0) is 31.9 Å². The van der Waals surface area contributed by atoms with E-state index in [9.17, 15) is 4.79 Å². The summed E-state index contributed by atoms with van der Waals surface area (Å²) >= 11 is 0. The van der Waals surface area contributed by atoms with Gasteiger partial charge < -0.3 is 14.4 Å². The monoisotopic (exact) mass is 414 g/mol. The van der Waals surface area contributed by atoms with Crippen LogP contribution in [0.5, 0.6) is 5.75 Å². The summed E-state index contributed by atoms with van der Waals surface area (Å²) in [5, 5.41) is 0. The van der Waals surface area contributed by atoms with E-state index in [0.717, 1.165) is 36.6 Å². The van der Waals surface area contributed by atoms with Crippen molar-refractivity contribution in [3.63, 3.8) is 0 Å². The van der Waals surface area contributed by atoms with E-state index in [4.69, 9.17) is 9.47 Å². The normalized spacial score (nSPS) is 14.4. The fourth-order valence-corrected chi connectivity index (χ4v) is 3.45. The van der Waals surface area contributed by atoms with Crippen LogP contribution in [0.15, 0.2) is 41.2 Å². The van der Waals surface area contributed by atoms with E-state index < -0.39 is 0 Å². The van der Waals surface area contributed by atoms with Gasteiger partial charge in [0.2, 0.25) is 0 Å². The van der Waals surface area contributed by atoms with E-state index in [-0.39, 0.29) is 12.1 Å². The van der Waals surface area contributed by atoms with Gasteiger partial charge in [0.25, 0.3) is 0 Å². The molecule has 5 heteroatoms. The molecule has 1 heterocycles.